The molecule has 0 heterocycles. The summed E-state index contributed by atoms with van der Waals surface area (Å²) in [6.07, 6.45) is 46.0. The van der Waals surface area contributed by atoms with E-state index in [0.717, 1.165) is 44.9 Å². The van der Waals surface area contributed by atoms with E-state index >= 15 is 0 Å². The van der Waals surface area contributed by atoms with Crippen molar-refractivity contribution >= 4 is 11.9 Å². The van der Waals surface area contributed by atoms with Crippen molar-refractivity contribution in [1.82, 2.24) is 0 Å². The number of carbonyl (C=O) groups excluding carboxylic acids is 2. The summed E-state index contributed by atoms with van der Waals surface area (Å²) in [5.74, 6) is -0.663. The van der Waals surface area contributed by atoms with E-state index in [1.807, 2.05) is 0 Å². The highest BCUT2D eigenvalue weighted by Crippen LogP contribution is 2.11. The maximum absolute atomic E-state index is 12.1. The first-order valence-electron chi connectivity index (χ1n) is 19.2. The van der Waals surface area contributed by atoms with Gasteiger partial charge in [0.25, 0.3) is 0 Å². The number of hydrogen-bond acceptors (Lipinski definition) is 5. The Hall–Kier alpha value is -2.14. The van der Waals surface area contributed by atoms with Crippen molar-refractivity contribution in [3.05, 3.63) is 48.6 Å². The van der Waals surface area contributed by atoms with Crippen LogP contribution in [0.1, 0.15) is 181 Å². The van der Waals surface area contributed by atoms with Crippen molar-refractivity contribution in [2.45, 2.75) is 187 Å². The van der Waals surface area contributed by atoms with Crippen molar-refractivity contribution in [2.75, 3.05) is 13.2 Å². The molecular formula is C41H72O5. The predicted molar refractivity (Wildman–Crippen MR) is 196 cm³/mol. The average molecular weight is 645 g/mol. The summed E-state index contributed by atoms with van der Waals surface area (Å²) < 4.78 is 10.5. The number of hydrogen-bond donors (Lipinski definition) is 1. The monoisotopic (exact) mass is 645 g/mol. The van der Waals surface area contributed by atoms with Crippen LogP contribution in [0.3, 0.4) is 0 Å². The third-order valence-electron chi connectivity index (χ3n) is 8.10. The van der Waals surface area contributed by atoms with Crippen molar-refractivity contribution in [3.8, 4) is 0 Å². The van der Waals surface area contributed by atoms with Crippen LogP contribution in [-0.2, 0) is 19.1 Å². The van der Waals surface area contributed by atoms with Crippen LogP contribution >= 0.6 is 0 Å². The molecule has 0 bridgehead atoms. The predicted octanol–water partition coefficient (Wildman–Crippen LogP) is 11.8. The molecule has 0 aromatic rings. The van der Waals surface area contributed by atoms with Gasteiger partial charge < -0.3 is 14.6 Å². The molecule has 0 saturated heterocycles. The normalized spacial score (nSPS) is 12.7. The van der Waals surface area contributed by atoms with E-state index in [4.69, 9.17) is 9.47 Å². The summed E-state index contributed by atoms with van der Waals surface area (Å²) in [6, 6.07) is 0. The summed E-state index contributed by atoms with van der Waals surface area (Å²) in [5, 5.41) is 9.53. The summed E-state index contributed by atoms with van der Waals surface area (Å²) in [5.41, 5.74) is 0. The quantitative estimate of drug-likeness (QED) is 0.0429. The molecule has 1 N–H and O–H groups in total. The molecule has 266 valence electrons. The van der Waals surface area contributed by atoms with Crippen LogP contribution < -0.4 is 0 Å². The molecule has 5 nitrogen and oxygen atoms in total. The molecule has 0 aromatic heterocycles. The van der Waals surface area contributed by atoms with E-state index < -0.39 is 6.10 Å². The topological polar surface area (TPSA) is 72.8 Å². The van der Waals surface area contributed by atoms with Crippen molar-refractivity contribution in [3.63, 3.8) is 0 Å². The number of aliphatic hydroxyl groups excluding tert-OH is 1. The lowest BCUT2D eigenvalue weighted by atomic mass is 10.1. The van der Waals surface area contributed by atoms with Crippen molar-refractivity contribution < 1.29 is 24.2 Å². The van der Waals surface area contributed by atoms with Gasteiger partial charge in [0.05, 0.1) is 6.61 Å². The molecule has 5 heteroatoms. The Morgan fingerprint density at radius 2 is 0.891 bits per heavy atom. The smallest absolute Gasteiger partial charge is 0.306 e. The van der Waals surface area contributed by atoms with Gasteiger partial charge in [-0.2, -0.15) is 0 Å². The third-order valence-corrected chi connectivity index (χ3v) is 8.10. The second-order valence-corrected chi connectivity index (χ2v) is 12.6. The highest BCUT2D eigenvalue weighted by molar-refractivity contribution is 5.70. The van der Waals surface area contributed by atoms with Gasteiger partial charge in [0.2, 0.25) is 0 Å². The molecule has 0 rings (SSSR count). The first-order chi connectivity index (χ1) is 22.6. The van der Waals surface area contributed by atoms with Gasteiger partial charge in [0.1, 0.15) is 6.61 Å². The summed E-state index contributed by atoms with van der Waals surface area (Å²) >= 11 is 0. The van der Waals surface area contributed by atoms with Crippen molar-refractivity contribution in [1.29, 1.82) is 0 Å². The van der Waals surface area contributed by atoms with Crippen LogP contribution in [0.25, 0.3) is 0 Å². The van der Waals surface area contributed by atoms with Gasteiger partial charge in [-0.3, -0.25) is 9.59 Å². The van der Waals surface area contributed by atoms with E-state index in [1.54, 1.807) is 0 Å². The van der Waals surface area contributed by atoms with Gasteiger partial charge in [0, 0.05) is 12.8 Å². The molecule has 0 aliphatic carbocycles. The molecule has 0 spiro atoms. The van der Waals surface area contributed by atoms with Gasteiger partial charge in [-0.1, -0.05) is 146 Å². The molecule has 1 atom stereocenters. The van der Waals surface area contributed by atoms with Gasteiger partial charge in [0.15, 0.2) is 6.10 Å². The fourth-order valence-electron chi connectivity index (χ4n) is 5.15. The van der Waals surface area contributed by atoms with Crippen LogP contribution in [0.15, 0.2) is 48.6 Å². The molecule has 0 saturated carbocycles. The SMILES string of the molecule is CCCCCCCCC=CCC=CCC=CCCCC(=O)OC[C@H](CO)OC(=O)CCCCCCCC=CCCCCCCCC. The number of aliphatic hydroxyl groups is 1. The van der Waals surface area contributed by atoms with Gasteiger partial charge in [-0.25, -0.2) is 0 Å². The minimum absolute atomic E-state index is 0.0957. The molecule has 0 aliphatic rings. The van der Waals surface area contributed by atoms with Crippen LogP contribution in [-0.4, -0.2) is 36.4 Å². The van der Waals surface area contributed by atoms with Gasteiger partial charge >= 0.3 is 11.9 Å². The molecule has 0 amide bonds. The highest BCUT2D eigenvalue weighted by atomic mass is 16.6. The first kappa shape index (κ1) is 43.9. The molecule has 0 aliphatic heterocycles. The van der Waals surface area contributed by atoms with Crippen molar-refractivity contribution in [2.24, 2.45) is 0 Å². The van der Waals surface area contributed by atoms with Gasteiger partial charge in [-0.05, 0) is 70.6 Å². The number of allylic oxidation sites excluding steroid dienone is 8. The van der Waals surface area contributed by atoms with E-state index in [1.165, 1.54) is 103 Å². The first-order valence-corrected chi connectivity index (χ1v) is 19.2. The summed E-state index contributed by atoms with van der Waals surface area (Å²) in [4.78, 5) is 24.2. The van der Waals surface area contributed by atoms with E-state index in [0.29, 0.717) is 19.3 Å². The Kier molecular flexibility index (Phi) is 35.6. The van der Waals surface area contributed by atoms with Crippen LogP contribution in [0.2, 0.25) is 0 Å². The zero-order chi connectivity index (χ0) is 33.6. The fourth-order valence-corrected chi connectivity index (χ4v) is 5.15. The Morgan fingerprint density at radius 3 is 1.39 bits per heavy atom. The minimum Gasteiger partial charge on any atom is -0.462 e. The van der Waals surface area contributed by atoms with Crippen LogP contribution in [0, 0.1) is 0 Å². The Morgan fingerprint density at radius 1 is 0.500 bits per heavy atom. The third kappa shape index (κ3) is 34.7. The Bertz CT molecular complexity index is 782. The minimum atomic E-state index is -0.795. The van der Waals surface area contributed by atoms with E-state index in [9.17, 15) is 14.7 Å². The van der Waals surface area contributed by atoms with Crippen LogP contribution in [0.5, 0.6) is 0 Å². The standard InChI is InChI=1S/C41H72O5/c1-3-5-7-9-11-13-15-17-19-20-22-23-25-27-29-31-33-35-40(43)45-38-39(37-42)46-41(44)36-34-32-30-28-26-24-21-18-16-14-12-10-8-6-4-2/h17-19,21-23,27,29,39,42H,3-16,20,24-26,28,30-38H2,1-2H3/t39-/m0/s1. The Balaban J connectivity index is 3.67. The molecule has 0 aromatic carbocycles. The molecule has 0 radical (unpaired) electrons. The second kappa shape index (κ2) is 37.3. The maximum atomic E-state index is 12.1. The van der Waals surface area contributed by atoms with E-state index in [-0.39, 0.29) is 25.2 Å². The molecule has 0 unspecified atom stereocenters. The lowest BCUT2D eigenvalue weighted by Crippen LogP contribution is -2.28. The summed E-state index contributed by atoms with van der Waals surface area (Å²) in [7, 11) is 0. The number of carbonyl (C=O) groups is 2. The average Bonchev–Trinajstić information content (AvgIpc) is 3.06. The second-order valence-electron chi connectivity index (χ2n) is 12.6. The fraction of sp³-hybridized carbons (Fsp3) is 0.756. The molecule has 0 fully saturated rings. The number of rotatable bonds is 34. The lowest BCUT2D eigenvalue weighted by Gasteiger charge is -2.15. The number of unbranched alkanes of at least 4 members (excludes halogenated alkanes) is 18. The number of ether oxygens (including phenoxy) is 2. The zero-order valence-corrected chi connectivity index (χ0v) is 30.1. The molecule has 46 heavy (non-hydrogen) atoms. The maximum Gasteiger partial charge on any atom is 0.306 e. The van der Waals surface area contributed by atoms with Crippen LogP contribution in [0.4, 0.5) is 0 Å². The Labute approximate surface area is 284 Å². The number of esters is 2. The zero-order valence-electron chi connectivity index (χ0n) is 30.1. The van der Waals surface area contributed by atoms with Gasteiger partial charge in [-0.15, -0.1) is 0 Å². The molecular weight excluding hydrogens is 572 g/mol. The lowest BCUT2D eigenvalue weighted by molar-refractivity contribution is -0.161. The summed E-state index contributed by atoms with van der Waals surface area (Å²) in [6.45, 7) is 4.06. The highest BCUT2D eigenvalue weighted by Gasteiger charge is 2.16. The van der Waals surface area contributed by atoms with E-state index in [2.05, 4.69) is 62.5 Å². The largest absolute Gasteiger partial charge is 0.462 e.